The maximum atomic E-state index is 11.4. The fourth-order valence-electron chi connectivity index (χ4n) is 3.57. The van der Waals surface area contributed by atoms with Crippen molar-refractivity contribution in [2.75, 3.05) is 27.3 Å². The first-order chi connectivity index (χ1) is 41.5. The molecule has 2 atom stereocenters. The van der Waals surface area contributed by atoms with Crippen molar-refractivity contribution in [3.8, 4) is 0 Å². The first-order valence-electron chi connectivity index (χ1n) is 24.1. The monoisotopic (exact) mass is 1700 g/mol. The smallest absolute Gasteiger partial charge is 0.358 e. The molecule has 0 aliphatic carbocycles. The standard InChI is InChI=1S/C8H12N4O2S.C7H11N5OS.C5H9ClO2.2C5H7N4S.C4H8ClNO.C4H7O.3C2H6N4S.3Y/c1-3-14-6(13)5-4(2)15-8(11-5)12-7(9)10;1-3-4(5(13)10-2)11-7(14-3)12-6(8)9;1-3-8-5(7)4(2)6;2*1-3-2-8-5(10-3)9-4(6)7;1-3(5)4(7)6-2;1-4(2)3-5;3*3-1(4)6-2(5)7;;;/h3H2,1-2H3,(H4,9,10,11,12);1-2H3,(H,10,13)(H4,8,9,11,12);4H,3H2,1-2H3;2*1H3,(H4,6,7,8,9);3H,1-2H3,(H,6,7);4H,1-2H3;3*(H6,3,4,5,6,7);;;/q;;;2*-1;;-1;;;;;;. The van der Waals surface area contributed by atoms with E-state index in [1.165, 1.54) is 45.3 Å². The summed E-state index contributed by atoms with van der Waals surface area (Å²) >= 11 is 28.9. The van der Waals surface area contributed by atoms with E-state index in [4.69, 9.17) is 125 Å². The van der Waals surface area contributed by atoms with E-state index in [2.05, 4.69) is 119 Å². The van der Waals surface area contributed by atoms with Crippen molar-refractivity contribution in [1.29, 1.82) is 0 Å². The number of carbonyl (C=O) groups is 4. The Balaban J connectivity index is -0.000000122. The van der Waals surface area contributed by atoms with Gasteiger partial charge in [0.1, 0.15) is 16.4 Å². The van der Waals surface area contributed by atoms with Crippen LogP contribution in [0.3, 0.4) is 0 Å². The third kappa shape index (κ3) is 72.2. The molecular formula is C44H79Cl2N30O7S7Y3-3. The van der Waals surface area contributed by atoms with Gasteiger partial charge in [-0.15, -0.1) is 41.5 Å². The first kappa shape index (κ1) is 106. The number of aliphatic imine (C=N–C) groups is 7. The Morgan fingerprint density at radius 1 is 0.516 bits per heavy atom. The van der Waals surface area contributed by atoms with Crippen molar-refractivity contribution in [3.05, 3.63) is 43.3 Å². The van der Waals surface area contributed by atoms with Gasteiger partial charge >= 0.3 is 11.9 Å². The minimum Gasteiger partial charge on any atom is -0.542 e. The molecule has 4 rings (SSSR count). The van der Waals surface area contributed by atoms with E-state index >= 15 is 0 Å². The Hall–Kier alpha value is -5.48. The number of alkyl halides is 2. The summed E-state index contributed by atoms with van der Waals surface area (Å²) in [6.07, 6.45) is 7.23. The molecule has 37 nitrogen and oxygen atoms in total. The Labute approximate surface area is 656 Å². The Bertz CT molecular complexity index is 2920. The van der Waals surface area contributed by atoms with E-state index in [-0.39, 0.29) is 185 Å². The number of hydrogen-bond donors (Lipinski definition) is 19. The summed E-state index contributed by atoms with van der Waals surface area (Å²) in [6.45, 7) is 18.3. The van der Waals surface area contributed by atoms with E-state index in [0.29, 0.717) is 39.4 Å². The van der Waals surface area contributed by atoms with Gasteiger partial charge in [-0.25, -0.2) is 37.4 Å². The van der Waals surface area contributed by atoms with Gasteiger partial charge in [-0.3, -0.25) is 30.7 Å². The van der Waals surface area contributed by atoms with E-state index in [1.54, 1.807) is 75.8 Å². The average molecular weight is 1700 g/mol. The zero-order chi connectivity index (χ0) is 71.6. The van der Waals surface area contributed by atoms with Crippen LogP contribution in [0.5, 0.6) is 0 Å². The molecule has 4 heterocycles. The molecule has 4 aromatic heterocycles. The zero-order valence-electron chi connectivity index (χ0n) is 52.6. The van der Waals surface area contributed by atoms with E-state index in [9.17, 15) is 24.0 Å². The summed E-state index contributed by atoms with van der Waals surface area (Å²) < 4.78 is 9.35. The Morgan fingerprint density at radius 2 is 0.817 bits per heavy atom. The van der Waals surface area contributed by atoms with Crippen molar-refractivity contribution in [2.24, 2.45) is 138 Å². The van der Waals surface area contributed by atoms with Gasteiger partial charge in [-0.1, -0.05) is 46.3 Å². The van der Waals surface area contributed by atoms with Crippen LogP contribution in [0.2, 0.25) is 0 Å². The number of halogens is 2. The topological polar surface area (TPSA) is 708 Å². The van der Waals surface area contributed by atoms with Crippen LogP contribution >= 0.6 is 105 Å². The van der Waals surface area contributed by atoms with Crippen LogP contribution in [0.4, 0.5) is 20.5 Å². The number of guanidine groups is 7. The predicted octanol–water partition coefficient (Wildman–Crippen LogP) is -1.65. The molecular weight excluding hydrogens is 1620 g/mol. The molecule has 36 N–H and O–H groups in total. The Kier molecular flexibility index (Phi) is 73.0. The average Bonchev–Trinajstić information content (AvgIpc) is 1.82. The molecule has 3 radical (unpaired) electrons. The number of thiazole rings is 4. The maximum Gasteiger partial charge on any atom is 0.358 e. The minimum absolute atomic E-state index is 0. The zero-order valence-corrected chi connectivity index (χ0v) is 68.3. The quantitative estimate of drug-likeness (QED) is 0.0200. The second-order valence-electron chi connectivity index (χ2n) is 15.1. The molecule has 0 fully saturated rings. The fraction of sp³-hybridized carbons (Fsp3) is 0.386. The van der Waals surface area contributed by atoms with Gasteiger partial charge in [0.15, 0.2) is 62.7 Å². The van der Waals surface area contributed by atoms with Crippen molar-refractivity contribution >= 4 is 213 Å². The first-order valence-corrected chi connectivity index (χ1v) is 29.5. The number of thiocarbonyl (C=S) groups is 3. The SMILES string of the molecule is CC(C)[C-]=O.CCOC(=O)C(C)Cl.CCOC(=O)c1nc(N=C(N)N)sc1C.CNC(=O)C(C)Cl.CNC(=O)c1nc(N=C(N)N)sc1C.Cc1[c-]nc(N=C(N)N)s1.Cc1[c-]nc(N=C(N)N)s1.NC(=S)N=C(N)N.NC(=S)N=C(N)N.NC(=S)N=C(N)N.[Y].[Y].[Y]. The second kappa shape index (κ2) is 63.9. The van der Waals surface area contributed by atoms with Gasteiger partial charge < -0.3 is 132 Å². The molecule has 0 aliphatic heterocycles. The number of hydrogen-bond acceptors (Lipinski definition) is 22. The molecule has 2 unspecified atom stereocenters. The molecule has 4 aromatic rings. The van der Waals surface area contributed by atoms with Crippen LogP contribution < -0.4 is 108 Å². The van der Waals surface area contributed by atoms with Crippen LogP contribution in [-0.2, 0) is 122 Å². The summed E-state index contributed by atoms with van der Waals surface area (Å²) in [6, 6.07) is 0. The molecule has 0 aromatic carbocycles. The van der Waals surface area contributed by atoms with E-state index < -0.39 is 16.7 Å². The van der Waals surface area contributed by atoms with E-state index in [1.807, 2.05) is 13.8 Å². The molecule has 49 heteroatoms. The molecule has 0 saturated heterocycles. The molecule has 93 heavy (non-hydrogen) atoms. The third-order valence-corrected chi connectivity index (χ3v) is 10.6. The fourth-order valence-corrected chi connectivity index (χ4v) is 6.86. The van der Waals surface area contributed by atoms with Crippen molar-refractivity contribution in [3.63, 3.8) is 0 Å². The van der Waals surface area contributed by atoms with Crippen LogP contribution in [0.15, 0.2) is 34.9 Å². The molecule has 0 bridgehead atoms. The number of aryl methyl sites for hydroxylation is 4. The molecule has 515 valence electrons. The number of nitrogens with zero attached hydrogens (tertiary/aromatic N) is 11. The van der Waals surface area contributed by atoms with Crippen LogP contribution in [0.25, 0.3) is 0 Å². The second-order valence-corrected chi connectivity index (χ2v) is 22.4. The maximum absolute atomic E-state index is 11.4. The number of aromatic nitrogens is 4. The summed E-state index contributed by atoms with van der Waals surface area (Å²) in [5.74, 6) is -1.51. The van der Waals surface area contributed by atoms with Crippen LogP contribution in [-0.4, -0.2) is 145 Å². The van der Waals surface area contributed by atoms with Gasteiger partial charge in [0.2, 0.25) is 16.2 Å². The summed E-state index contributed by atoms with van der Waals surface area (Å²) in [7, 11) is 3.10. The van der Waals surface area contributed by atoms with Crippen molar-refractivity contribution in [2.45, 2.75) is 80.0 Å². The van der Waals surface area contributed by atoms with Gasteiger partial charge in [0, 0.05) is 122 Å². The number of amides is 2. The molecule has 0 aliphatic rings. The number of nitrogens with one attached hydrogen (secondary N) is 2. The molecule has 0 spiro atoms. The predicted molar refractivity (Wildman–Crippen MR) is 376 cm³/mol. The summed E-state index contributed by atoms with van der Waals surface area (Å²) in [5.41, 5.74) is 85.6. The minimum atomic E-state index is -0.519. The third-order valence-electron chi connectivity index (χ3n) is 6.66. The van der Waals surface area contributed by atoms with Gasteiger partial charge in [-0.2, -0.15) is 25.0 Å². The number of ether oxygens (including phenoxy) is 2. The van der Waals surface area contributed by atoms with Crippen LogP contribution in [0.1, 0.15) is 82.0 Å². The number of nitrogens with two attached hydrogens (primary N) is 17. The largest absolute Gasteiger partial charge is 0.542 e. The van der Waals surface area contributed by atoms with Crippen molar-refractivity contribution < 1.29 is 132 Å². The number of carbonyl (C=O) groups excluding carboxylic acids is 5. The van der Waals surface area contributed by atoms with E-state index in [0.717, 1.165) is 19.5 Å². The summed E-state index contributed by atoms with van der Waals surface area (Å²) in [5, 5.41) is 5.67. The number of rotatable bonds is 11. The van der Waals surface area contributed by atoms with Crippen LogP contribution in [0, 0.1) is 46.0 Å². The number of esters is 2. The summed E-state index contributed by atoms with van der Waals surface area (Å²) in [4.78, 5) is 96.4. The molecule has 2 amide bonds. The van der Waals surface area contributed by atoms with Gasteiger partial charge in [0.25, 0.3) is 5.91 Å². The van der Waals surface area contributed by atoms with Crippen molar-refractivity contribution in [1.82, 2.24) is 30.6 Å². The molecule has 0 saturated carbocycles. The normalized spacial score (nSPS) is 9.24. The van der Waals surface area contributed by atoms with Gasteiger partial charge in [0.05, 0.1) is 23.5 Å². The van der Waals surface area contributed by atoms with Gasteiger partial charge in [-0.05, 0) is 92.0 Å². The Morgan fingerprint density at radius 3 is 1.00 bits per heavy atom.